The number of aromatic nitrogens is 2. The summed E-state index contributed by atoms with van der Waals surface area (Å²) < 4.78 is 1.96. The molecule has 0 aliphatic carbocycles. The average molecular weight is 233 g/mol. The number of nitrogens with zero attached hydrogens (tertiary/aromatic N) is 2. The van der Waals surface area contributed by atoms with E-state index < -0.39 is 0 Å². The van der Waals surface area contributed by atoms with Crippen molar-refractivity contribution in [2.24, 2.45) is 7.05 Å². The van der Waals surface area contributed by atoms with Crippen LogP contribution in [0.1, 0.15) is 36.7 Å². The van der Waals surface area contributed by atoms with Crippen molar-refractivity contribution < 1.29 is 0 Å². The number of aryl methyl sites for hydroxylation is 2. The third kappa shape index (κ3) is 3.61. The Labute approximate surface area is 105 Å². The molecular weight excluding hydrogens is 210 g/mol. The molecule has 1 heterocycles. The highest BCUT2D eigenvalue weighted by atomic mass is 15.3. The Morgan fingerprint density at radius 3 is 2.59 bits per heavy atom. The van der Waals surface area contributed by atoms with Gasteiger partial charge in [0.25, 0.3) is 0 Å². The van der Waals surface area contributed by atoms with Crippen LogP contribution in [0, 0.1) is 25.7 Å². The fourth-order valence-electron chi connectivity index (χ4n) is 2.08. The molecule has 3 heteroatoms. The predicted octanol–water partition coefficient (Wildman–Crippen LogP) is 1.97. The van der Waals surface area contributed by atoms with Crippen molar-refractivity contribution in [3.05, 3.63) is 17.0 Å². The van der Waals surface area contributed by atoms with Crippen molar-refractivity contribution in [1.29, 1.82) is 0 Å². The molecule has 0 saturated carbocycles. The van der Waals surface area contributed by atoms with E-state index in [1.807, 2.05) is 25.7 Å². The van der Waals surface area contributed by atoms with Crippen LogP contribution in [0.5, 0.6) is 0 Å². The second-order valence-electron chi connectivity index (χ2n) is 4.43. The second-order valence-corrected chi connectivity index (χ2v) is 4.43. The maximum atomic E-state index is 4.46. The van der Waals surface area contributed by atoms with E-state index in [4.69, 9.17) is 0 Å². The van der Waals surface area contributed by atoms with Gasteiger partial charge in [-0.05, 0) is 46.2 Å². The minimum atomic E-state index is 0.484. The Balaban J connectivity index is 2.69. The molecule has 1 aromatic heterocycles. The first-order valence-electron chi connectivity index (χ1n) is 6.16. The lowest BCUT2D eigenvalue weighted by Gasteiger charge is -2.15. The molecule has 0 bridgehead atoms. The maximum Gasteiger partial charge on any atom is 0.0628 e. The molecule has 0 aromatic carbocycles. The fraction of sp³-hybridized carbons (Fsp3) is 0.643. The summed E-state index contributed by atoms with van der Waals surface area (Å²) in [4.78, 5) is 0. The average Bonchev–Trinajstić information content (AvgIpc) is 2.54. The van der Waals surface area contributed by atoms with Gasteiger partial charge < -0.3 is 5.32 Å². The van der Waals surface area contributed by atoms with Gasteiger partial charge in [-0.2, -0.15) is 5.10 Å². The third-order valence-corrected chi connectivity index (χ3v) is 3.31. The van der Waals surface area contributed by atoms with Crippen LogP contribution in [0.25, 0.3) is 0 Å². The SMILES string of the molecule is CC#CCCC(Cc1c(C)nn(C)c1C)NC. The summed E-state index contributed by atoms with van der Waals surface area (Å²) in [5, 5.41) is 7.82. The van der Waals surface area contributed by atoms with Crippen molar-refractivity contribution in [2.45, 2.75) is 46.1 Å². The zero-order valence-electron chi connectivity index (χ0n) is 11.6. The minimum Gasteiger partial charge on any atom is -0.317 e. The quantitative estimate of drug-likeness (QED) is 0.788. The van der Waals surface area contributed by atoms with E-state index >= 15 is 0 Å². The van der Waals surface area contributed by atoms with Gasteiger partial charge in [-0.1, -0.05) is 0 Å². The van der Waals surface area contributed by atoms with Crippen LogP contribution in [-0.2, 0) is 13.5 Å². The first-order chi connectivity index (χ1) is 8.10. The Morgan fingerprint density at radius 1 is 1.41 bits per heavy atom. The van der Waals surface area contributed by atoms with Gasteiger partial charge in [-0.25, -0.2) is 0 Å². The van der Waals surface area contributed by atoms with E-state index in [1.54, 1.807) is 0 Å². The van der Waals surface area contributed by atoms with Gasteiger partial charge in [0.1, 0.15) is 0 Å². The molecular formula is C14H23N3. The van der Waals surface area contributed by atoms with Crippen LogP contribution in [-0.4, -0.2) is 22.9 Å². The van der Waals surface area contributed by atoms with E-state index in [0.717, 1.165) is 25.0 Å². The van der Waals surface area contributed by atoms with Crippen LogP contribution in [0.15, 0.2) is 0 Å². The summed E-state index contributed by atoms with van der Waals surface area (Å²) in [6, 6.07) is 0.484. The smallest absolute Gasteiger partial charge is 0.0628 e. The Hall–Kier alpha value is -1.27. The van der Waals surface area contributed by atoms with Gasteiger partial charge >= 0.3 is 0 Å². The molecule has 0 fully saturated rings. The largest absolute Gasteiger partial charge is 0.317 e. The number of nitrogens with one attached hydrogen (secondary N) is 1. The van der Waals surface area contributed by atoms with Crippen molar-refractivity contribution in [1.82, 2.24) is 15.1 Å². The van der Waals surface area contributed by atoms with E-state index in [1.165, 1.54) is 11.3 Å². The van der Waals surface area contributed by atoms with Crippen molar-refractivity contribution in [3.8, 4) is 11.8 Å². The summed E-state index contributed by atoms with van der Waals surface area (Å²) in [5.41, 5.74) is 3.78. The first kappa shape index (κ1) is 13.8. The van der Waals surface area contributed by atoms with Crippen LogP contribution >= 0.6 is 0 Å². The van der Waals surface area contributed by atoms with Crippen LogP contribution in [0.4, 0.5) is 0 Å². The van der Waals surface area contributed by atoms with E-state index in [2.05, 4.69) is 36.1 Å². The Morgan fingerprint density at radius 2 is 2.12 bits per heavy atom. The number of rotatable bonds is 5. The fourth-order valence-corrected chi connectivity index (χ4v) is 2.08. The van der Waals surface area contributed by atoms with E-state index in [-0.39, 0.29) is 0 Å². The molecule has 3 nitrogen and oxygen atoms in total. The topological polar surface area (TPSA) is 29.9 Å². The molecule has 17 heavy (non-hydrogen) atoms. The number of hydrogen-bond acceptors (Lipinski definition) is 2. The van der Waals surface area contributed by atoms with Crippen molar-refractivity contribution >= 4 is 0 Å². The standard InChI is InChI=1S/C14H23N3/c1-6-7-8-9-13(15-4)10-14-11(2)16-17(5)12(14)3/h13,15H,8-10H2,1-5H3. The van der Waals surface area contributed by atoms with Gasteiger partial charge in [0.15, 0.2) is 0 Å². The molecule has 0 radical (unpaired) electrons. The molecule has 1 aromatic rings. The summed E-state index contributed by atoms with van der Waals surface area (Å²) in [5.74, 6) is 6.07. The number of hydrogen-bond donors (Lipinski definition) is 1. The molecule has 0 aliphatic rings. The molecule has 1 unspecified atom stereocenters. The van der Waals surface area contributed by atoms with E-state index in [0.29, 0.717) is 6.04 Å². The highest BCUT2D eigenvalue weighted by molar-refractivity contribution is 5.25. The molecule has 94 valence electrons. The van der Waals surface area contributed by atoms with Crippen molar-refractivity contribution in [2.75, 3.05) is 7.05 Å². The van der Waals surface area contributed by atoms with Crippen molar-refractivity contribution in [3.63, 3.8) is 0 Å². The number of likely N-dealkylation sites (N-methyl/N-ethyl adjacent to an activating group) is 1. The Bertz CT molecular complexity index is 421. The van der Waals surface area contributed by atoms with Gasteiger partial charge in [0.05, 0.1) is 5.69 Å². The molecule has 1 rings (SSSR count). The lowest BCUT2D eigenvalue weighted by atomic mass is 10.0. The highest BCUT2D eigenvalue weighted by Gasteiger charge is 2.14. The molecule has 0 aliphatic heterocycles. The molecule has 1 N–H and O–H groups in total. The van der Waals surface area contributed by atoms with Gasteiger partial charge in [-0.3, -0.25) is 4.68 Å². The summed E-state index contributed by atoms with van der Waals surface area (Å²) >= 11 is 0. The second kappa shape index (κ2) is 6.46. The normalized spacial score (nSPS) is 12.1. The van der Waals surface area contributed by atoms with Gasteiger partial charge in [-0.15, -0.1) is 11.8 Å². The molecule has 0 saturated heterocycles. The van der Waals surface area contributed by atoms with E-state index in [9.17, 15) is 0 Å². The summed E-state index contributed by atoms with van der Waals surface area (Å²) in [7, 11) is 4.02. The molecule has 0 spiro atoms. The summed E-state index contributed by atoms with van der Waals surface area (Å²) in [6.07, 6.45) is 3.08. The zero-order chi connectivity index (χ0) is 12.8. The summed E-state index contributed by atoms with van der Waals surface area (Å²) in [6.45, 7) is 6.11. The monoisotopic (exact) mass is 233 g/mol. The van der Waals surface area contributed by atoms with Gasteiger partial charge in [0.2, 0.25) is 0 Å². The maximum absolute atomic E-state index is 4.46. The van der Waals surface area contributed by atoms with Crippen LogP contribution < -0.4 is 5.32 Å². The highest BCUT2D eigenvalue weighted by Crippen LogP contribution is 2.15. The Kier molecular flexibility index (Phi) is 5.24. The first-order valence-corrected chi connectivity index (χ1v) is 6.16. The lowest BCUT2D eigenvalue weighted by Crippen LogP contribution is -2.27. The third-order valence-electron chi connectivity index (χ3n) is 3.31. The zero-order valence-corrected chi connectivity index (χ0v) is 11.6. The predicted molar refractivity (Wildman–Crippen MR) is 71.9 cm³/mol. The minimum absolute atomic E-state index is 0.484. The molecule has 1 atom stereocenters. The van der Waals surface area contributed by atoms with Crippen LogP contribution in [0.3, 0.4) is 0 Å². The lowest BCUT2D eigenvalue weighted by molar-refractivity contribution is 0.525. The van der Waals surface area contributed by atoms with Crippen LogP contribution in [0.2, 0.25) is 0 Å². The van der Waals surface area contributed by atoms with Gasteiger partial charge in [0, 0.05) is 25.2 Å². The molecule has 0 amide bonds.